The quantitative estimate of drug-likeness (QED) is 0.447. The van der Waals surface area contributed by atoms with E-state index in [9.17, 15) is 13.2 Å². The second-order valence-electron chi connectivity index (χ2n) is 2.48. The van der Waals surface area contributed by atoms with Crippen LogP contribution in [0, 0.1) is 3.70 Å². The molecule has 0 saturated carbocycles. The minimum absolute atomic E-state index is 0.223. The van der Waals surface area contributed by atoms with Crippen molar-refractivity contribution in [3.8, 4) is 0 Å². The van der Waals surface area contributed by atoms with Crippen LogP contribution < -0.4 is 5.46 Å². The van der Waals surface area contributed by atoms with Crippen LogP contribution >= 0.6 is 22.6 Å². The third-order valence-electron chi connectivity index (χ3n) is 1.46. The largest absolute Gasteiger partial charge is 0.490 e. The lowest BCUT2D eigenvalue weighted by Gasteiger charge is -2.09. The molecule has 0 fully saturated rings. The Morgan fingerprint density at radius 1 is 1.36 bits per heavy atom. The fourth-order valence-electron chi connectivity index (χ4n) is 0.804. The van der Waals surface area contributed by atoms with Gasteiger partial charge in [0, 0.05) is 11.7 Å². The Labute approximate surface area is 91.3 Å². The first-order valence-corrected chi connectivity index (χ1v) is 4.49. The maximum atomic E-state index is 12.3. The summed E-state index contributed by atoms with van der Waals surface area (Å²) in [6.07, 6.45) is -3.55. The highest BCUT2D eigenvalue weighted by Gasteiger charge is 2.34. The van der Waals surface area contributed by atoms with Gasteiger partial charge in [0.2, 0.25) is 0 Å². The summed E-state index contributed by atoms with van der Waals surface area (Å²) in [6.45, 7) is 0. The van der Waals surface area contributed by atoms with Gasteiger partial charge in [-0.1, -0.05) is 0 Å². The van der Waals surface area contributed by atoms with Crippen molar-refractivity contribution in [2.75, 3.05) is 0 Å². The van der Waals surface area contributed by atoms with Gasteiger partial charge in [-0.3, -0.25) is 4.98 Å². The molecular formula is C6H4BF3INO2. The molecule has 1 aromatic heterocycles. The van der Waals surface area contributed by atoms with E-state index < -0.39 is 18.9 Å². The summed E-state index contributed by atoms with van der Waals surface area (Å²) in [5.41, 5.74) is -1.25. The Morgan fingerprint density at radius 2 is 1.93 bits per heavy atom. The molecule has 3 nitrogen and oxygen atoms in total. The minimum atomic E-state index is -4.53. The molecule has 0 aliphatic heterocycles. The van der Waals surface area contributed by atoms with E-state index in [0.29, 0.717) is 6.07 Å². The van der Waals surface area contributed by atoms with Crippen LogP contribution in [0.1, 0.15) is 5.56 Å². The van der Waals surface area contributed by atoms with E-state index in [0.717, 1.165) is 6.20 Å². The summed E-state index contributed by atoms with van der Waals surface area (Å²) < 4.78 is 36.6. The molecule has 1 aromatic rings. The van der Waals surface area contributed by atoms with Gasteiger partial charge in [-0.05, 0) is 28.7 Å². The summed E-state index contributed by atoms with van der Waals surface area (Å²) in [7, 11) is -1.94. The SMILES string of the molecule is OB(O)c1cnc(I)c(C(F)(F)F)c1. The van der Waals surface area contributed by atoms with Gasteiger partial charge in [0.25, 0.3) is 0 Å². The third kappa shape index (κ3) is 2.58. The second kappa shape index (κ2) is 4.03. The number of alkyl halides is 3. The van der Waals surface area contributed by atoms with Crippen molar-refractivity contribution < 1.29 is 23.2 Å². The maximum absolute atomic E-state index is 12.3. The number of hydrogen-bond donors (Lipinski definition) is 2. The smallest absolute Gasteiger partial charge is 0.423 e. The Morgan fingerprint density at radius 3 is 2.36 bits per heavy atom. The van der Waals surface area contributed by atoms with Gasteiger partial charge in [0.1, 0.15) is 3.70 Å². The first kappa shape index (κ1) is 11.7. The Bertz CT molecular complexity index is 344. The highest BCUT2D eigenvalue weighted by Crippen LogP contribution is 2.30. The molecule has 76 valence electrons. The van der Waals surface area contributed by atoms with Gasteiger partial charge in [-0.2, -0.15) is 13.2 Å². The molecular weight excluding hydrogens is 313 g/mol. The van der Waals surface area contributed by atoms with E-state index in [1.54, 1.807) is 0 Å². The lowest BCUT2D eigenvalue weighted by atomic mass is 9.81. The first-order chi connectivity index (χ1) is 6.32. The third-order valence-corrected chi connectivity index (χ3v) is 2.32. The van der Waals surface area contributed by atoms with Gasteiger partial charge in [-0.25, -0.2) is 0 Å². The zero-order valence-electron chi connectivity index (χ0n) is 6.59. The molecule has 0 spiro atoms. The van der Waals surface area contributed by atoms with Crippen LogP contribution in [0.5, 0.6) is 0 Å². The molecule has 0 aliphatic rings. The second-order valence-corrected chi connectivity index (χ2v) is 3.50. The van der Waals surface area contributed by atoms with Gasteiger partial charge < -0.3 is 10.0 Å². The minimum Gasteiger partial charge on any atom is -0.423 e. The summed E-state index contributed by atoms with van der Waals surface area (Å²) in [4.78, 5) is 3.41. The van der Waals surface area contributed by atoms with E-state index in [1.807, 2.05) is 0 Å². The van der Waals surface area contributed by atoms with Crippen LogP contribution in [0.15, 0.2) is 12.3 Å². The Kier molecular flexibility index (Phi) is 3.38. The lowest BCUT2D eigenvalue weighted by Crippen LogP contribution is -2.31. The van der Waals surface area contributed by atoms with Crippen LogP contribution in [0.25, 0.3) is 0 Å². The van der Waals surface area contributed by atoms with E-state index in [4.69, 9.17) is 10.0 Å². The normalized spacial score (nSPS) is 11.6. The molecule has 1 rings (SSSR count). The summed E-state index contributed by atoms with van der Waals surface area (Å²) in [5, 5.41) is 17.3. The summed E-state index contributed by atoms with van der Waals surface area (Å²) >= 11 is 1.43. The van der Waals surface area contributed by atoms with E-state index >= 15 is 0 Å². The molecule has 0 amide bonds. The Hall–Kier alpha value is -0.345. The van der Waals surface area contributed by atoms with E-state index in [-0.39, 0.29) is 9.16 Å². The zero-order chi connectivity index (χ0) is 10.9. The van der Waals surface area contributed by atoms with Gasteiger partial charge >= 0.3 is 13.3 Å². The average Bonchev–Trinajstić information content (AvgIpc) is 2.02. The molecule has 0 bridgehead atoms. The highest BCUT2D eigenvalue weighted by atomic mass is 127. The molecule has 0 saturated heterocycles. The first-order valence-electron chi connectivity index (χ1n) is 3.41. The Balaban J connectivity index is 3.22. The molecule has 0 atom stereocenters. The van der Waals surface area contributed by atoms with E-state index in [1.165, 1.54) is 22.6 Å². The van der Waals surface area contributed by atoms with Crippen molar-refractivity contribution in [3.05, 3.63) is 21.5 Å². The molecule has 0 aliphatic carbocycles. The van der Waals surface area contributed by atoms with Crippen LogP contribution in [0.4, 0.5) is 13.2 Å². The number of pyridine rings is 1. The zero-order valence-corrected chi connectivity index (χ0v) is 8.74. The van der Waals surface area contributed by atoms with Crippen LogP contribution in [0.3, 0.4) is 0 Å². The predicted molar refractivity (Wildman–Crippen MR) is 51.8 cm³/mol. The van der Waals surface area contributed by atoms with Crippen molar-refractivity contribution in [1.82, 2.24) is 4.98 Å². The monoisotopic (exact) mass is 317 g/mol. The highest BCUT2D eigenvalue weighted by molar-refractivity contribution is 14.1. The average molecular weight is 317 g/mol. The number of aromatic nitrogens is 1. The lowest BCUT2D eigenvalue weighted by molar-refractivity contribution is -0.138. The standard InChI is InChI=1S/C6H4BF3INO2/c8-6(9,10)4-1-3(7(13)14)2-12-5(4)11/h1-2,13-14H. The maximum Gasteiger partial charge on any atom is 0.490 e. The van der Waals surface area contributed by atoms with E-state index in [2.05, 4.69) is 4.98 Å². The molecule has 0 aromatic carbocycles. The van der Waals surface area contributed by atoms with Crippen molar-refractivity contribution in [3.63, 3.8) is 0 Å². The van der Waals surface area contributed by atoms with Crippen molar-refractivity contribution in [1.29, 1.82) is 0 Å². The van der Waals surface area contributed by atoms with Crippen molar-refractivity contribution in [2.45, 2.75) is 6.18 Å². The van der Waals surface area contributed by atoms with Crippen LogP contribution in [-0.2, 0) is 6.18 Å². The fraction of sp³-hybridized carbons (Fsp3) is 0.167. The van der Waals surface area contributed by atoms with Gasteiger partial charge in [0.15, 0.2) is 0 Å². The molecule has 1 heterocycles. The molecule has 0 unspecified atom stereocenters. The van der Waals surface area contributed by atoms with Crippen molar-refractivity contribution >= 4 is 35.2 Å². The molecule has 14 heavy (non-hydrogen) atoms. The molecule has 0 radical (unpaired) electrons. The topological polar surface area (TPSA) is 53.4 Å². The number of halogens is 4. The number of hydrogen-bond acceptors (Lipinski definition) is 3. The van der Waals surface area contributed by atoms with Gasteiger partial charge in [-0.15, -0.1) is 0 Å². The fourth-order valence-corrected chi connectivity index (χ4v) is 1.40. The predicted octanol–water partition coefficient (Wildman–Crippen LogP) is 0.385. The number of nitrogens with zero attached hydrogens (tertiary/aromatic N) is 1. The molecule has 8 heteroatoms. The summed E-state index contributed by atoms with van der Waals surface area (Å²) in [5.74, 6) is 0. The van der Waals surface area contributed by atoms with Gasteiger partial charge in [0.05, 0.1) is 5.56 Å². The summed E-state index contributed by atoms with van der Waals surface area (Å²) in [6, 6.07) is 0.666. The van der Waals surface area contributed by atoms with Crippen LogP contribution in [-0.4, -0.2) is 22.2 Å². The van der Waals surface area contributed by atoms with Crippen molar-refractivity contribution in [2.24, 2.45) is 0 Å². The molecule has 2 N–H and O–H groups in total. The van der Waals surface area contributed by atoms with Crippen LogP contribution in [0.2, 0.25) is 0 Å². The number of rotatable bonds is 1.